The van der Waals surface area contributed by atoms with Crippen molar-refractivity contribution in [1.29, 1.82) is 0 Å². The molecule has 2 N–H and O–H groups in total. The lowest BCUT2D eigenvalue weighted by Crippen LogP contribution is -2.29. The number of nitrogens with zero attached hydrogens (tertiary/aromatic N) is 2. The minimum Gasteiger partial charge on any atom is -0.315 e. The first-order valence-corrected chi connectivity index (χ1v) is 7.96. The molecule has 2 atom stereocenters. The van der Waals surface area contributed by atoms with Crippen LogP contribution in [0.1, 0.15) is 31.4 Å². The fraction of sp³-hybridized carbons (Fsp3) is 0.412. The fourth-order valence-electron chi connectivity index (χ4n) is 3.11. The number of aromatic nitrogens is 2. The zero-order valence-electron chi connectivity index (χ0n) is 13.6. The molecule has 1 aromatic heterocycles. The predicted molar refractivity (Wildman–Crippen MR) is 86.7 cm³/mol. The molecule has 0 saturated carbocycles. The third-order valence-corrected chi connectivity index (χ3v) is 4.37. The van der Waals surface area contributed by atoms with Gasteiger partial charge in [0, 0.05) is 43.5 Å². The molecule has 7 heteroatoms. The highest BCUT2D eigenvalue weighted by Crippen LogP contribution is 2.31. The molecule has 0 bridgehead atoms. The van der Waals surface area contributed by atoms with Gasteiger partial charge < -0.3 is 9.88 Å². The van der Waals surface area contributed by atoms with Gasteiger partial charge in [-0.25, -0.2) is 13.8 Å². The average Bonchev–Trinajstić information content (AvgIpc) is 3.16. The summed E-state index contributed by atoms with van der Waals surface area (Å²) in [5, 5.41) is 5.93. The van der Waals surface area contributed by atoms with Crippen molar-refractivity contribution in [3.8, 4) is 0 Å². The SMILES string of the molecule is CC(C)n1ccnc1NC(=O)[C@@H]1CNC[C@H]1c1ccc(F)cc1F. The minimum absolute atomic E-state index is 0.162. The summed E-state index contributed by atoms with van der Waals surface area (Å²) in [5.41, 5.74) is 0.355. The molecule has 5 nitrogen and oxygen atoms in total. The van der Waals surface area contributed by atoms with E-state index in [0.717, 1.165) is 6.07 Å². The number of carbonyl (C=O) groups excluding carboxylic acids is 1. The minimum atomic E-state index is -0.623. The topological polar surface area (TPSA) is 59.0 Å². The maximum atomic E-state index is 14.1. The van der Waals surface area contributed by atoms with Crippen molar-refractivity contribution in [1.82, 2.24) is 14.9 Å². The number of amides is 1. The molecule has 0 aliphatic carbocycles. The number of imidazole rings is 1. The molecule has 2 aromatic rings. The smallest absolute Gasteiger partial charge is 0.231 e. The highest BCUT2D eigenvalue weighted by Gasteiger charge is 2.36. The van der Waals surface area contributed by atoms with Gasteiger partial charge in [0.1, 0.15) is 11.6 Å². The molecule has 3 rings (SSSR count). The molecule has 0 spiro atoms. The Hall–Kier alpha value is -2.28. The number of carbonyl (C=O) groups is 1. The summed E-state index contributed by atoms with van der Waals surface area (Å²) < 4.78 is 29.0. The monoisotopic (exact) mass is 334 g/mol. The number of hydrogen-bond donors (Lipinski definition) is 2. The molecule has 24 heavy (non-hydrogen) atoms. The van der Waals surface area contributed by atoms with Crippen molar-refractivity contribution in [2.24, 2.45) is 5.92 Å². The van der Waals surface area contributed by atoms with E-state index in [9.17, 15) is 13.6 Å². The van der Waals surface area contributed by atoms with Crippen LogP contribution < -0.4 is 10.6 Å². The van der Waals surface area contributed by atoms with Crippen LogP contribution in [-0.2, 0) is 4.79 Å². The van der Waals surface area contributed by atoms with Crippen LogP contribution >= 0.6 is 0 Å². The molecule has 1 amide bonds. The average molecular weight is 334 g/mol. The van der Waals surface area contributed by atoms with Gasteiger partial charge in [-0.15, -0.1) is 0 Å². The van der Waals surface area contributed by atoms with Crippen LogP contribution in [0.25, 0.3) is 0 Å². The number of nitrogens with one attached hydrogen (secondary N) is 2. The highest BCUT2D eigenvalue weighted by molar-refractivity contribution is 5.92. The number of halogens is 2. The highest BCUT2D eigenvalue weighted by atomic mass is 19.1. The van der Waals surface area contributed by atoms with Crippen molar-refractivity contribution in [3.63, 3.8) is 0 Å². The largest absolute Gasteiger partial charge is 0.315 e. The number of rotatable bonds is 4. The van der Waals surface area contributed by atoms with Crippen molar-refractivity contribution in [2.45, 2.75) is 25.8 Å². The van der Waals surface area contributed by atoms with Gasteiger partial charge >= 0.3 is 0 Å². The summed E-state index contributed by atoms with van der Waals surface area (Å²) in [5.74, 6) is -1.77. The van der Waals surface area contributed by atoms with E-state index in [4.69, 9.17) is 0 Å². The van der Waals surface area contributed by atoms with E-state index < -0.39 is 17.6 Å². The molecular weight excluding hydrogens is 314 g/mol. The number of hydrogen-bond acceptors (Lipinski definition) is 3. The van der Waals surface area contributed by atoms with Gasteiger partial charge in [0.25, 0.3) is 0 Å². The van der Waals surface area contributed by atoms with Gasteiger partial charge in [-0.3, -0.25) is 10.1 Å². The second-order valence-electron chi connectivity index (χ2n) is 6.28. The third kappa shape index (κ3) is 3.17. The Morgan fingerprint density at radius 1 is 1.38 bits per heavy atom. The third-order valence-electron chi connectivity index (χ3n) is 4.37. The van der Waals surface area contributed by atoms with E-state index in [1.807, 2.05) is 18.4 Å². The van der Waals surface area contributed by atoms with Crippen LogP contribution in [0.5, 0.6) is 0 Å². The molecule has 0 radical (unpaired) electrons. The van der Waals surface area contributed by atoms with E-state index in [0.29, 0.717) is 24.6 Å². The fourth-order valence-corrected chi connectivity index (χ4v) is 3.11. The van der Waals surface area contributed by atoms with Gasteiger partial charge in [0.15, 0.2) is 0 Å². The number of anilines is 1. The molecule has 2 heterocycles. The Bertz CT molecular complexity index is 744. The summed E-state index contributed by atoms with van der Waals surface area (Å²) in [4.78, 5) is 16.8. The summed E-state index contributed by atoms with van der Waals surface area (Å²) in [7, 11) is 0. The molecule has 128 valence electrons. The second-order valence-corrected chi connectivity index (χ2v) is 6.28. The van der Waals surface area contributed by atoms with E-state index in [1.54, 1.807) is 12.4 Å². The van der Waals surface area contributed by atoms with Crippen LogP contribution in [0.4, 0.5) is 14.7 Å². The lowest BCUT2D eigenvalue weighted by atomic mass is 9.88. The molecule has 1 aromatic carbocycles. The normalized spacial score (nSPS) is 20.5. The zero-order chi connectivity index (χ0) is 17.3. The molecule has 1 aliphatic rings. The van der Waals surface area contributed by atoms with Crippen LogP contribution in [0.3, 0.4) is 0 Å². The Balaban J connectivity index is 1.80. The Morgan fingerprint density at radius 2 is 2.17 bits per heavy atom. The maximum absolute atomic E-state index is 14.1. The lowest BCUT2D eigenvalue weighted by molar-refractivity contribution is -0.119. The maximum Gasteiger partial charge on any atom is 0.231 e. The molecule has 1 aliphatic heterocycles. The predicted octanol–water partition coefficient (Wildman–Crippen LogP) is 2.68. The Morgan fingerprint density at radius 3 is 2.88 bits per heavy atom. The van der Waals surface area contributed by atoms with E-state index in [-0.39, 0.29) is 17.9 Å². The summed E-state index contributed by atoms with van der Waals surface area (Å²) in [6.45, 7) is 4.89. The summed E-state index contributed by atoms with van der Waals surface area (Å²) in [6.07, 6.45) is 3.42. The van der Waals surface area contributed by atoms with Gasteiger partial charge in [-0.1, -0.05) is 6.07 Å². The van der Waals surface area contributed by atoms with Crippen molar-refractivity contribution in [2.75, 3.05) is 18.4 Å². The molecule has 1 saturated heterocycles. The molecule has 1 fully saturated rings. The first-order valence-electron chi connectivity index (χ1n) is 7.96. The van der Waals surface area contributed by atoms with Crippen molar-refractivity contribution < 1.29 is 13.6 Å². The summed E-state index contributed by atoms with van der Waals surface area (Å²) in [6, 6.07) is 3.65. The van der Waals surface area contributed by atoms with E-state index >= 15 is 0 Å². The van der Waals surface area contributed by atoms with Crippen LogP contribution in [0.2, 0.25) is 0 Å². The van der Waals surface area contributed by atoms with Gasteiger partial charge in [-0.05, 0) is 25.5 Å². The first kappa shape index (κ1) is 16.6. The molecule has 0 unspecified atom stereocenters. The number of benzene rings is 1. The lowest BCUT2D eigenvalue weighted by Gasteiger charge is -2.20. The van der Waals surface area contributed by atoms with Gasteiger partial charge in [0.2, 0.25) is 11.9 Å². The molecular formula is C17H20F2N4O. The zero-order valence-corrected chi connectivity index (χ0v) is 13.6. The standard InChI is InChI=1S/C17H20F2N4O/c1-10(2)23-6-5-21-17(23)22-16(24)14-9-20-8-13(14)12-4-3-11(18)7-15(12)19/h3-7,10,13-14,20H,8-9H2,1-2H3,(H,21,22,24)/t13-,14+/m0/s1. The van der Waals surface area contributed by atoms with E-state index in [1.165, 1.54) is 12.1 Å². The Kier molecular flexibility index (Phi) is 4.62. The van der Waals surface area contributed by atoms with E-state index in [2.05, 4.69) is 15.6 Å². The van der Waals surface area contributed by atoms with Gasteiger partial charge in [-0.2, -0.15) is 0 Å². The van der Waals surface area contributed by atoms with Gasteiger partial charge in [0.05, 0.1) is 5.92 Å². The van der Waals surface area contributed by atoms with Crippen LogP contribution in [0.15, 0.2) is 30.6 Å². The van der Waals surface area contributed by atoms with Crippen LogP contribution in [-0.4, -0.2) is 28.5 Å². The summed E-state index contributed by atoms with van der Waals surface area (Å²) >= 11 is 0. The Labute approximate surface area is 139 Å². The van der Waals surface area contributed by atoms with Crippen molar-refractivity contribution in [3.05, 3.63) is 47.8 Å². The first-order chi connectivity index (χ1) is 11.5. The van der Waals surface area contributed by atoms with Crippen molar-refractivity contribution >= 4 is 11.9 Å². The quantitative estimate of drug-likeness (QED) is 0.904. The second kappa shape index (κ2) is 6.68. The van der Waals surface area contributed by atoms with Crippen LogP contribution in [0, 0.1) is 17.6 Å².